The summed E-state index contributed by atoms with van der Waals surface area (Å²) in [7, 11) is -2.27. The van der Waals surface area contributed by atoms with E-state index in [0.717, 1.165) is 22.4 Å². The molecule has 7 heteroatoms. The van der Waals surface area contributed by atoms with Gasteiger partial charge in [-0.1, -0.05) is 20.8 Å². The van der Waals surface area contributed by atoms with E-state index in [9.17, 15) is 8.42 Å². The molecule has 0 unspecified atom stereocenters. The van der Waals surface area contributed by atoms with Gasteiger partial charge >= 0.3 is 0 Å². The lowest BCUT2D eigenvalue weighted by molar-refractivity contribution is 0.401. The predicted octanol–water partition coefficient (Wildman–Crippen LogP) is 2.88. The number of methoxy groups -OCH3 is 1. The van der Waals surface area contributed by atoms with E-state index in [4.69, 9.17) is 4.74 Å². The molecule has 0 fully saturated rings. The topological polar surface area (TPSA) is 81.2 Å². The Balaban J connectivity index is 2.35. The summed E-state index contributed by atoms with van der Waals surface area (Å²) in [5, 5.41) is 0. The Hall–Kier alpha value is -1.99. The van der Waals surface area contributed by atoms with Gasteiger partial charge in [0, 0.05) is 23.7 Å². The second-order valence-electron chi connectivity index (χ2n) is 7.06. The van der Waals surface area contributed by atoms with E-state index in [1.807, 2.05) is 34.6 Å². The third-order valence-corrected chi connectivity index (χ3v) is 5.44. The molecule has 0 bridgehead atoms. The molecular weight excluding hydrogens is 338 g/mol. The number of rotatable bonds is 5. The molecule has 0 atom stereocenters. The summed E-state index contributed by atoms with van der Waals surface area (Å²) in [4.78, 5) is 8.46. The van der Waals surface area contributed by atoms with Crippen molar-refractivity contribution in [1.82, 2.24) is 14.7 Å². The molecule has 136 valence electrons. The zero-order chi connectivity index (χ0) is 18.8. The van der Waals surface area contributed by atoms with E-state index in [1.165, 1.54) is 13.4 Å². The minimum absolute atomic E-state index is 0.117. The first kappa shape index (κ1) is 19.3. The van der Waals surface area contributed by atoms with Crippen molar-refractivity contribution in [3.05, 3.63) is 47.0 Å². The Labute approximate surface area is 149 Å². The normalized spacial score (nSPS) is 12.2. The first-order valence-electron chi connectivity index (χ1n) is 8.00. The number of ether oxygens (including phenoxy) is 1. The fourth-order valence-electron chi connectivity index (χ4n) is 2.55. The molecule has 0 spiro atoms. The molecule has 6 nitrogen and oxygen atoms in total. The average molecular weight is 363 g/mol. The molecule has 0 saturated carbocycles. The highest BCUT2D eigenvalue weighted by Crippen LogP contribution is 2.28. The Morgan fingerprint density at radius 3 is 2.40 bits per heavy atom. The van der Waals surface area contributed by atoms with E-state index in [1.54, 1.807) is 18.3 Å². The van der Waals surface area contributed by atoms with Crippen molar-refractivity contribution in [3.63, 3.8) is 0 Å². The van der Waals surface area contributed by atoms with Crippen molar-refractivity contribution in [2.24, 2.45) is 0 Å². The highest BCUT2D eigenvalue weighted by molar-refractivity contribution is 7.89. The average Bonchev–Trinajstić information content (AvgIpc) is 2.54. The van der Waals surface area contributed by atoms with Crippen molar-refractivity contribution >= 4 is 10.0 Å². The van der Waals surface area contributed by atoms with Crippen LogP contribution in [0.5, 0.6) is 5.75 Å². The smallest absolute Gasteiger partial charge is 0.244 e. The van der Waals surface area contributed by atoms with Crippen molar-refractivity contribution in [1.29, 1.82) is 0 Å². The number of sulfonamides is 1. The molecule has 0 saturated heterocycles. The van der Waals surface area contributed by atoms with Gasteiger partial charge in [0.2, 0.25) is 10.0 Å². The minimum atomic E-state index is -3.73. The van der Waals surface area contributed by atoms with E-state index < -0.39 is 10.0 Å². The Morgan fingerprint density at radius 2 is 1.80 bits per heavy atom. The van der Waals surface area contributed by atoms with Gasteiger partial charge in [0.1, 0.15) is 17.0 Å². The number of nitrogens with zero attached hydrogens (tertiary/aromatic N) is 2. The summed E-state index contributed by atoms with van der Waals surface area (Å²) in [6, 6.07) is 3.36. The van der Waals surface area contributed by atoms with Gasteiger partial charge < -0.3 is 4.74 Å². The zero-order valence-corrected chi connectivity index (χ0v) is 16.4. The first-order valence-corrected chi connectivity index (χ1v) is 9.49. The number of hydrogen-bond donors (Lipinski definition) is 1. The van der Waals surface area contributed by atoms with Crippen LogP contribution in [-0.4, -0.2) is 25.5 Å². The van der Waals surface area contributed by atoms with E-state index in [-0.39, 0.29) is 16.9 Å². The number of aryl methyl sites for hydroxylation is 2. The van der Waals surface area contributed by atoms with Crippen LogP contribution in [0.3, 0.4) is 0 Å². The monoisotopic (exact) mass is 363 g/mol. The largest absolute Gasteiger partial charge is 0.495 e. The van der Waals surface area contributed by atoms with Gasteiger partial charge in [-0.05, 0) is 37.1 Å². The molecule has 2 rings (SSSR count). The van der Waals surface area contributed by atoms with Crippen LogP contribution >= 0.6 is 0 Å². The molecule has 0 radical (unpaired) electrons. The maximum Gasteiger partial charge on any atom is 0.244 e. The zero-order valence-electron chi connectivity index (χ0n) is 15.5. The van der Waals surface area contributed by atoms with E-state index in [2.05, 4.69) is 14.7 Å². The van der Waals surface area contributed by atoms with Crippen molar-refractivity contribution in [2.45, 2.75) is 51.5 Å². The number of nitrogens with one attached hydrogen (secondary N) is 1. The molecule has 0 aliphatic carbocycles. The van der Waals surface area contributed by atoms with Gasteiger partial charge in [0.15, 0.2) is 0 Å². The highest BCUT2D eigenvalue weighted by atomic mass is 32.2. The molecular formula is C18H25N3O3S. The summed E-state index contributed by atoms with van der Waals surface area (Å²) in [6.45, 7) is 9.99. The second kappa shape index (κ2) is 7.09. The summed E-state index contributed by atoms with van der Waals surface area (Å²) >= 11 is 0. The lowest BCUT2D eigenvalue weighted by Crippen LogP contribution is -2.26. The highest BCUT2D eigenvalue weighted by Gasteiger charge is 2.23. The predicted molar refractivity (Wildman–Crippen MR) is 97.2 cm³/mol. The van der Waals surface area contributed by atoms with Crippen LogP contribution in [-0.2, 0) is 22.0 Å². The molecule has 1 aromatic heterocycles. The fraction of sp³-hybridized carbons (Fsp3) is 0.444. The lowest BCUT2D eigenvalue weighted by atomic mass is 9.89. The van der Waals surface area contributed by atoms with Gasteiger partial charge in [0.25, 0.3) is 0 Å². The number of aromatic nitrogens is 2. The third-order valence-electron chi connectivity index (χ3n) is 4.02. The van der Waals surface area contributed by atoms with Crippen LogP contribution in [0.4, 0.5) is 0 Å². The summed E-state index contributed by atoms with van der Waals surface area (Å²) in [6.07, 6.45) is 3.12. The molecule has 0 aliphatic rings. The molecule has 0 aliphatic heterocycles. The van der Waals surface area contributed by atoms with E-state index in [0.29, 0.717) is 5.75 Å². The first-order chi connectivity index (χ1) is 11.6. The maximum atomic E-state index is 12.8. The van der Waals surface area contributed by atoms with Crippen LogP contribution in [0.25, 0.3) is 0 Å². The summed E-state index contributed by atoms with van der Waals surface area (Å²) < 4.78 is 33.4. The van der Waals surface area contributed by atoms with Crippen LogP contribution in [0.2, 0.25) is 0 Å². The Bertz CT molecular complexity index is 872. The lowest BCUT2D eigenvalue weighted by Gasteiger charge is -2.21. The molecule has 1 N–H and O–H groups in total. The minimum Gasteiger partial charge on any atom is -0.495 e. The van der Waals surface area contributed by atoms with Crippen LogP contribution in [0.1, 0.15) is 43.2 Å². The fourth-order valence-corrected chi connectivity index (χ4v) is 3.79. The quantitative estimate of drug-likeness (QED) is 0.883. The van der Waals surface area contributed by atoms with Crippen molar-refractivity contribution in [3.8, 4) is 5.75 Å². The Morgan fingerprint density at radius 1 is 1.16 bits per heavy atom. The van der Waals surface area contributed by atoms with Crippen LogP contribution in [0.15, 0.2) is 29.6 Å². The second-order valence-corrected chi connectivity index (χ2v) is 8.79. The van der Waals surface area contributed by atoms with Gasteiger partial charge in [-0.25, -0.2) is 23.1 Å². The van der Waals surface area contributed by atoms with Gasteiger partial charge in [-0.2, -0.15) is 0 Å². The van der Waals surface area contributed by atoms with Gasteiger partial charge in [0.05, 0.1) is 12.8 Å². The molecule has 1 aromatic carbocycles. The Kier molecular flexibility index (Phi) is 5.49. The van der Waals surface area contributed by atoms with Gasteiger partial charge in [-0.3, -0.25) is 0 Å². The molecule has 2 aromatic rings. The van der Waals surface area contributed by atoms with Crippen LogP contribution in [0, 0.1) is 13.8 Å². The SMILES string of the molecule is COc1cc(C)c(C)cc1S(=O)(=O)NCc1cncnc1C(C)(C)C. The standard InChI is InChI=1S/C18H25N3O3S/c1-12-7-15(24-6)16(8-13(12)2)25(22,23)21-10-14-9-19-11-20-17(14)18(3,4)5/h7-9,11,21H,10H2,1-6H3. The molecule has 0 amide bonds. The molecule has 25 heavy (non-hydrogen) atoms. The summed E-state index contributed by atoms with van der Waals surface area (Å²) in [5.74, 6) is 0.330. The van der Waals surface area contributed by atoms with Crippen molar-refractivity contribution < 1.29 is 13.2 Å². The van der Waals surface area contributed by atoms with Crippen LogP contribution < -0.4 is 9.46 Å². The maximum absolute atomic E-state index is 12.8. The summed E-state index contributed by atoms with van der Waals surface area (Å²) in [5.41, 5.74) is 3.22. The molecule has 1 heterocycles. The number of benzene rings is 1. The third kappa shape index (κ3) is 4.35. The van der Waals surface area contributed by atoms with E-state index >= 15 is 0 Å². The van der Waals surface area contributed by atoms with Gasteiger partial charge in [-0.15, -0.1) is 0 Å². The number of hydrogen-bond acceptors (Lipinski definition) is 5. The van der Waals surface area contributed by atoms with Crippen molar-refractivity contribution in [2.75, 3.05) is 7.11 Å².